The summed E-state index contributed by atoms with van der Waals surface area (Å²) < 4.78 is 5.00. The van der Waals surface area contributed by atoms with Crippen molar-refractivity contribution in [1.29, 1.82) is 0 Å². The molecule has 0 aliphatic carbocycles. The number of nitrogens with one attached hydrogen (secondary N) is 1. The Hall–Kier alpha value is -2.24. The number of rotatable bonds is 7. The molecule has 2 rings (SSSR count). The van der Waals surface area contributed by atoms with Gasteiger partial charge in [0.15, 0.2) is 6.61 Å². The van der Waals surface area contributed by atoms with Gasteiger partial charge in [0.1, 0.15) is 0 Å². The van der Waals surface area contributed by atoms with Crippen molar-refractivity contribution in [2.75, 3.05) is 12.3 Å². The molecule has 0 saturated heterocycles. The van der Waals surface area contributed by atoms with Crippen LogP contribution >= 0.6 is 23.2 Å². The highest BCUT2D eigenvalue weighted by atomic mass is 35.5. The number of nitrogen functional groups attached to an aromatic ring is 1. The number of carbonyl (C=O) groups excluding carboxylic acids is 2. The summed E-state index contributed by atoms with van der Waals surface area (Å²) in [6.07, 6.45) is 1.63. The quantitative estimate of drug-likeness (QED) is 0.551. The van der Waals surface area contributed by atoms with Gasteiger partial charge in [-0.3, -0.25) is 4.79 Å². The molecule has 0 aliphatic heterocycles. The lowest BCUT2D eigenvalue weighted by molar-refractivity contribution is -0.124. The van der Waals surface area contributed by atoms with E-state index < -0.39 is 12.6 Å². The van der Waals surface area contributed by atoms with E-state index >= 15 is 0 Å². The lowest BCUT2D eigenvalue weighted by Gasteiger charge is -2.14. The molecule has 138 valence electrons. The van der Waals surface area contributed by atoms with E-state index in [9.17, 15) is 9.59 Å². The monoisotopic (exact) mass is 394 g/mol. The van der Waals surface area contributed by atoms with Gasteiger partial charge in [0.25, 0.3) is 5.91 Å². The van der Waals surface area contributed by atoms with Crippen LogP contribution in [0.3, 0.4) is 0 Å². The molecule has 26 heavy (non-hydrogen) atoms. The molecular formula is C19H20Cl2N2O3. The first-order valence-corrected chi connectivity index (χ1v) is 8.87. The van der Waals surface area contributed by atoms with Crippen LogP contribution < -0.4 is 11.1 Å². The Morgan fingerprint density at radius 3 is 2.58 bits per heavy atom. The zero-order valence-electron chi connectivity index (χ0n) is 14.3. The lowest BCUT2D eigenvalue weighted by Crippen LogP contribution is -2.36. The highest BCUT2D eigenvalue weighted by Crippen LogP contribution is 2.27. The fraction of sp³-hybridized carbons (Fsp3) is 0.263. The largest absolute Gasteiger partial charge is 0.452 e. The fourth-order valence-electron chi connectivity index (χ4n) is 2.38. The molecule has 2 aromatic rings. The van der Waals surface area contributed by atoms with Crippen LogP contribution in [-0.4, -0.2) is 24.5 Å². The summed E-state index contributed by atoms with van der Waals surface area (Å²) >= 11 is 11.7. The summed E-state index contributed by atoms with van der Waals surface area (Å²) in [5.74, 6) is -1.13. The van der Waals surface area contributed by atoms with Crippen molar-refractivity contribution in [2.45, 2.75) is 25.8 Å². The molecule has 0 radical (unpaired) electrons. The van der Waals surface area contributed by atoms with Crippen LogP contribution in [0, 0.1) is 0 Å². The van der Waals surface area contributed by atoms with E-state index in [4.69, 9.17) is 33.7 Å². The number of hydrogen-bond acceptors (Lipinski definition) is 4. The first-order valence-electron chi connectivity index (χ1n) is 8.11. The Bertz CT molecular complexity index is 782. The molecule has 0 aromatic heterocycles. The van der Waals surface area contributed by atoms with Crippen molar-refractivity contribution in [1.82, 2.24) is 5.32 Å². The van der Waals surface area contributed by atoms with Gasteiger partial charge in [0, 0.05) is 11.1 Å². The lowest BCUT2D eigenvalue weighted by atomic mass is 10.1. The van der Waals surface area contributed by atoms with Gasteiger partial charge >= 0.3 is 5.97 Å². The predicted molar refractivity (Wildman–Crippen MR) is 104 cm³/mol. The molecule has 0 fully saturated rings. The Morgan fingerprint density at radius 1 is 1.19 bits per heavy atom. The first-order chi connectivity index (χ1) is 12.4. The normalized spacial score (nSPS) is 11.7. The number of amides is 1. The molecule has 0 bridgehead atoms. The van der Waals surface area contributed by atoms with Crippen LogP contribution in [0.25, 0.3) is 0 Å². The van der Waals surface area contributed by atoms with Gasteiger partial charge < -0.3 is 15.8 Å². The second-order valence-electron chi connectivity index (χ2n) is 5.92. The molecule has 0 saturated carbocycles. The molecule has 7 heteroatoms. The maximum Gasteiger partial charge on any atom is 0.340 e. The number of benzene rings is 2. The average Bonchev–Trinajstić information content (AvgIpc) is 2.62. The topological polar surface area (TPSA) is 81.4 Å². The van der Waals surface area contributed by atoms with E-state index in [1.165, 1.54) is 17.7 Å². The number of carbonyl (C=O) groups is 2. The number of anilines is 1. The summed E-state index contributed by atoms with van der Waals surface area (Å²) in [4.78, 5) is 24.0. The van der Waals surface area contributed by atoms with E-state index in [1.54, 1.807) is 0 Å². The van der Waals surface area contributed by atoms with Crippen LogP contribution in [0.15, 0.2) is 42.5 Å². The van der Waals surface area contributed by atoms with Gasteiger partial charge in [0.05, 0.1) is 16.3 Å². The van der Waals surface area contributed by atoms with Crippen molar-refractivity contribution in [3.05, 3.63) is 63.6 Å². The molecule has 1 atom stereocenters. The number of esters is 1. The SMILES string of the molecule is C[C@H](CCc1ccccc1)NC(=O)COC(=O)c1cc(Cl)cc(Cl)c1N. The molecule has 5 nitrogen and oxygen atoms in total. The van der Waals surface area contributed by atoms with Gasteiger partial charge in [0.2, 0.25) is 0 Å². The molecule has 3 N–H and O–H groups in total. The third-order valence-corrected chi connectivity index (χ3v) is 4.30. The number of hydrogen-bond donors (Lipinski definition) is 2. The van der Waals surface area contributed by atoms with Crippen LogP contribution in [-0.2, 0) is 16.0 Å². The third-order valence-electron chi connectivity index (χ3n) is 3.76. The van der Waals surface area contributed by atoms with Crippen molar-refractivity contribution in [3.63, 3.8) is 0 Å². The third kappa shape index (κ3) is 5.93. The Kier molecular flexibility index (Phi) is 7.30. The smallest absolute Gasteiger partial charge is 0.340 e. The highest BCUT2D eigenvalue weighted by Gasteiger charge is 2.17. The number of nitrogens with two attached hydrogens (primary N) is 1. The first kappa shape index (κ1) is 20.1. The van der Waals surface area contributed by atoms with Crippen molar-refractivity contribution < 1.29 is 14.3 Å². The van der Waals surface area contributed by atoms with Gasteiger partial charge in [-0.1, -0.05) is 53.5 Å². The molecule has 0 spiro atoms. The van der Waals surface area contributed by atoms with Crippen LogP contribution in [0.1, 0.15) is 29.3 Å². The highest BCUT2D eigenvalue weighted by molar-refractivity contribution is 6.37. The minimum Gasteiger partial charge on any atom is -0.452 e. The second-order valence-corrected chi connectivity index (χ2v) is 6.76. The summed E-state index contributed by atoms with van der Waals surface area (Å²) in [6.45, 7) is 1.50. The van der Waals surface area contributed by atoms with E-state index in [-0.39, 0.29) is 33.2 Å². The molecule has 0 unspecified atom stereocenters. The second kappa shape index (κ2) is 9.46. The number of aryl methyl sites for hydroxylation is 1. The minimum atomic E-state index is -0.751. The van der Waals surface area contributed by atoms with Crippen molar-refractivity contribution in [3.8, 4) is 0 Å². The number of halogens is 2. The Morgan fingerprint density at radius 2 is 1.88 bits per heavy atom. The van der Waals surface area contributed by atoms with Crippen LogP contribution in [0.2, 0.25) is 10.0 Å². The van der Waals surface area contributed by atoms with Gasteiger partial charge in [-0.05, 0) is 37.5 Å². The average molecular weight is 395 g/mol. The predicted octanol–water partition coefficient (Wildman–Crippen LogP) is 3.87. The molecular weight excluding hydrogens is 375 g/mol. The van der Waals surface area contributed by atoms with E-state index in [0.29, 0.717) is 0 Å². The fourth-order valence-corrected chi connectivity index (χ4v) is 2.87. The van der Waals surface area contributed by atoms with Gasteiger partial charge in [-0.25, -0.2) is 4.79 Å². The maximum atomic E-state index is 12.1. The molecule has 1 amide bonds. The van der Waals surface area contributed by atoms with Crippen molar-refractivity contribution >= 4 is 40.8 Å². The Balaban J connectivity index is 1.80. The standard InChI is InChI=1S/C19H20Cl2N2O3/c1-12(7-8-13-5-3-2-4-6-13)23-17(24)11-26-19(25)15-9-14(20)10-16(21)18(15)22/h2-6,9-10,12H,7-8,11,22H2,1H3,(H,23,24)/t12-/m1/s1. The summed E-state index contributed by atoms with van der Waals surface area (Å²) in [7, 11) is 0. The summed E-state index contributed by atoms with van der Waals surface area (Å²) in [5, 5.41) is 3.21. The molecule has 0 aliphatic rings. The van der Waals surface area contributed by atoms with Crippen LogP contribution in [0.5, 0.6) is 0 Å². The van der Waals surface area contributed by atoms with E-state index in [0.717, 1.165) is 12.8 Å². The molecule has 0 heterocycles. The molecule has 2 aromatic carbocycles. The zero-order chi connectivity index (χ0) is 19.1. The maximum absolute atomic E-state index is 12.1. The van der Waals surface area contributed by atoms with E-state index in [1.807, 2.05) is 37.3 Å². The minimum absolute atomic E-state index is 0.0347. The Labute approximate surface area is 162 Å². The summed E-state index contributed by atoms with van der Waals surface area (Å²) in [5.41, 5.74) is 7.05. The summed E-state index contributed by atoms with van der Waals surface area (Å²) in [6, 6.07) is 12.7. The zero-order valence-corrected chi connectivity index (χ0v) is 15.8. The van der Waals surface area contributed by atoms with Gasteiger partial charge in [-0.15, -0.1) is 0 Å². The number of ether oxygens (including phenoxy) is 1. The van der Waals surface area contributed by atoms with E-state index in [2.05, 4.69) is 5.32 Å². The van der Waals surface area contributed by atoms with Crippen LogP contribution in [0.4, 0.5) is 5.69 Å². The van der Waals surface area contributed by atoms with Gasteiger partial charge in [-0.2, -0.15) is 0 Å². The van der Waals surface area contributed by atoms with Crippen molar-refractivity contribution in [2.24, 2.45) is 0 Å².